The number of thiocarbonyl (C=S) groups is 1. The van der Waals surface area contributed by atoms with Gasteiger partial charge in [0.1, 0.15) is 0 Å². The molecule has 1 amide bonds. The van der Waals surface area contributed by atoms with Crippen LogP contribution in [0.15, 0.2) is 58.1 Å². The molecule has 0 fully saturated rings. The predicted octanol–water partition coefficient (Wildman–Crippen LogP) is 3.09. The summed E-state index contributed by atoms with van der Waals surface area (Å²) in [5.41, 5.74) is 5.28. The number of halogens is 1. The summed E-state index contributed by atoms with van der Waals surface area (Å²) in [6, 6.07) is 15.0. The summed E-state index contributed by atoms with van der Waals surface area (Å²) in [5.74, 6) is -0.267. The van der Waals surface area contributed by atoms with Gasteiger partial charge in [-0.25, -0.2) is 0 Å². The number of hydrogen-bond donors (Lipinski definition) is 3. The van der Waals surface area contributed by atoms with Gasteiger partial charge in [-0.1, -0.05) is 40.2 Å². The maximum atomic E-state index is 12.0. The summed E-state index contributed by atoms with van der Waals surface area (Å²) in [7, 11) is 0. The number of anilines is 2. The molecule has 3 rings (SSSR count). The minimum atomic E-state index is -0.267. The van der Waals surface area contributed by atoms with Crippen molar-refractivity contribution in [1.29, 1.82) is 0 Å². The highest BCUT2D eigenvalue weighted by molar-refractivity contribution is 9.10. The summed E-state index contributed by atoms with van der Waals surface area (Å²) in [6.45, 7) is 0. The Morgan fingerprint density at radius 3 is 2.68 bits per heavy atom. The van der Waals surface area contributed by atoms with Gasteiger partial charge >= 0.3 is 0 Å². The van der Waals surface area contributed by atoms with Crippen molar-refractivity contribution in [1.82, 2.24) is 5.43 Å². The zero-order chi connectivity index (χ0) is 15.5. The Bertz CT molecular complexity index is 776. The molecular weight excluding hydrogens is 364 g/mol. The number of nitrogens with zero attached hydrogens (tertiary/aromatic N) is 1. The molecule has 5 nitrogen and oxygen atoms in total. The van der Waals surface area contributed by atoms with E-state index in [-0.39, 0.29) is 5.91 Å². The van der Waals surface area contributed by atoms with Gasteiger partial charge in [-0.15, -0.1) is 0 Å². The van der Waals surface area contributed by atoms with Gasteiger partial charge in [0.2, 0.25) is 0 Å². The molecule has 0 spiro atoms. The van der Waals surface area contributed by atoms with Gasteiger partial charge in [0.05, 0.1) is 5.69 Å². The van der Waals surface area contributed by atoms with Crippen molar-refractivity contribution in [2.45, 2.75) is 0 Å². The second-order valence-electron chi connectivity index (χ2n) is 4.51. The molecular formula is C15H11BrN4OS. The lowest BCUT2D eigenvalue weighted by molar-refractivity contribution is -0.110. The van der Waals surface area contributed by atoms with Crippen LogP contribution < -0.4 is 16.1 Å². The van der Waals surface area contributed by atoms with E-state index in [1.807, 2.05) is 48.5 Å². The Hall–Kier alpha value is -2.25. The number of carbonyl (C=O) groups is 1. The van der Waals surface area contributed by atoms with Crippen molar-refractivity contribution in [2.75, 3.05) is 10.6 Å². The number of nitrogens with one attached hydrogen (secondary N) is 3. The van der Waals surface area contributed by atoms with Crippen molar-refractivity contribution < 1.29 is 4.79 Å². The van der Waals surface area contributed by atoms with Crippen LogP contribution in [0, 0.1) is 0 Å². The van der Waals surface area contributed by atoms with Gasteiger partial charge in [-0.2, -0.15) is 5.10 Å². The quantitative estimate of drug-likeness (QED) is 0.558. The molecule has 110 valence electrons. The molecule has 7 heteroatoms. The van der Waals surface area contributed by atoms with Crippen LogP contribution in [-0.2, 0) is 4.79 Å². The molecule has 2 aromatic rings. The number of hydrazone groups is 1. The number of para-hydroxylation sites is 1. The van der Waals surface area contributed by atoms with Gasteiger partial charge in [0, 0.05) is 15.7 Å². The van der Waals surface area contributed by atoms with Gasteiger partial charge in [0.15, 0.2) is 10.8 Å². The first-order valence-corrected chi connectivity index (χ1v) is 7.65. The molecule has 0 radical (unpaired) electrons. The minimum absolute atomic E-state index is 0.267. The zero-order valence-electron chi connectivity index (χ0n) is 11.3. The van der Waals surface area contributed by atoms with E-state index in [0.29, 0.717) is 10.8 Å². The lowest BCUT2D eigenvalue weighted by Gasteiger charge is -2.07. The zero-order valence-corrected chi connectivity index (χ0v) is 13.7. The van der Waals surface area contributed by atoms with E-state index in [1.165, 1.54) is 0 Å². The Morgan fingerprint density at radius 2 is 1.91 bits per heavy atom. The second-order valence-corrected chi connectivity index (χ2v) is 5.77. The summed E-state index contributed by atoms with van der Waals surface area (Å²) in [4.78, 5) is 12.0. The average Bonchev–Trinajstić information content (AvgIpc) is 2.83. The van der Waals surface area contributed by atoms with Crippen LogP contribution >= 0.6 is 28.1 Å². The van der Waals surface area contributed by atoms with Crippen LogP contribution in [0.3, 0.4) is 0 Å². The van der Waals surface area contributed by atoms with E-state index in [1.54, 1.807) is 0 Å². The van der Waals surface area contributed by atoms with Crippen molar-refractivity contribution in [3.8, 4) is 0 Å². The Morgan fingerprint density at radius 1 is 1.14 bits per heavy atom. The lowest BCUT2D eigenvalue weighted by atomic mass is 10.1. The first kappa shape index (κ1) is 14.7. The van der Waals surface area contributed by atoms with E-state index < -0.39 is 0 Å². The van der Waals surface area contributed by atoms with E-state index >= 15 is 0 Å². The number of rotatable bonds is 2. The Balaban J connectivity index is 1.76. The van der Waals surface area contributed by atoms with Gasteiger partial charge in [0.25, 0.3) is 5.91 Å². The van der Waals surface area contributed by atoms with E-state index in [2.05, 4.69) is 37.1 Å². The van der Waals surface area contributed by atoms with Crippen LogP contribution in [0.5, 0.6) is 0 Å². The van der Waals surface area contributed by atoms with Crippen molar-refractivity contribution in [3.05, 3.63) is 58.6 Å². The monoisotopic (exact) mass is 374 g/mol. The van der Waals surface area contributed by atoms with Crippen LogP contribution in [0.4, 0.5) is 11.4 Å². The molecule has 1 aliphatic rings. The molecule has 0 bridgehead atoms. The molecule has 0 saturated heterocycles. The molecule has 1 aliphatic heterocycles. The number of benzene rings is 2. The van der Waals surface area contributed by atoms with E-state index in [0.717, 1.165) is 21.4 Å². The predicted molar refractivity (Wildman–Crippen MR) is 95.1 cm³/mol. The molecule has 1 heterocycles. The number of hydrogen-bond acceptors (Lipinski definition) is 3. The normalized spacial score (nSPS) is 14.4. The third kappa shape index (κ3) is 3.00. The smallest absolute Gasteiger partial charge is 0.276 e. The minimum Gasteiger partial charge on any atom is -0.331 e. The Labute approximate surface area is 140 Å². The number of amides is 1. The third-order valence-corrected chi connectivity index (χ3v) is 3.87. The largest absolute Gasteiger partial charge is 0.331 e. The number of carbonyl (C=O) groups excluding carboxylic acids is 1. The summed E-state index contributed by atoms with van der Waals surface area (Å²) < 4.78 is 0.797. The topological polar surface area (TPSA) is 65.5 Å². The van der Waals surface area contributed by atoms with Crippen LogP contribution in [0.1, 0.15) is 5.56 Å². The highest BCUT2D eigenvalue weighted by Crippen LogP contribution is 2.30. The molecule has 2 aromatic carbocycles. The van der Waals surface area contributed by atoms with Crippen molar-refractivity contribution >= 4 is 56.3 Å². The molecule has 3 N–H and O–H groups in total. The van der Waals surface area contributed by atoms with Crippen molar-refractivity contribution in [2.24, 2.45) is 5.10 Å². The molecule has 0 atom stereocenters. The fraction of sp³-hybridized carbons (Fsp3) is 0. The summed E-state index contributed by atoms with van der Waals surface area (Å²) >= 11 is 8.59. The Kier molecular flexibility index (Phi) is 4.17. The second kappa shape index (κ2) is 6.25. The average molecular weight is 375 g/mol. The summed E-state index contributed by atoms with van der Waals surface area (Å²) in [5, 5.41) is 10.2. The standard InChI is InChI=1S/C15H11BrN4OS/c16-10-7-4-8-11-12(10)13(14(21)18-11)19-20-15(22)17-9-5-2-1-3-6-9/h1-8H,(H2,17,20,22)(H,18,19,21). The maximum Gasteiger partial charge on any atom is 0.276 e. The first-order chi connectivity index (χ1) is 10.6. The molecule has 0 unspecified atom stereocenters. The maximum absolute atomic E-state index is 12.0. The molecule has 22 heavy (non-hydrogen) atoms. The van der Waals surface area contributed by atoms with E-state index in [9.17, 15) is 4.79 Å². The van der Waals surface area contributed by atoms with E-state index in [4.69, 9.17) is 12.2 Å². The molecule has 0 aromatic heterocycles. The van der Waals surface area contributed by atoms with Crippen molar-refractivity contribution in [3.63, 3.8) is 0 Å². The molecule has 0 aliphatic carbocycles. The highest BCUT2D eigenvalue weighted by Gasteiger charge is 2.28. The van der Waals surface area contributed by atoms with Crippen LogP contribution in [0.2, 0.25) is 0 Å². The molecule has 0 saturated carbocycles. The first-order valence-electron chi connectivity index (χ1n) is 6.45. The summed E-state index contributed by atoms with van der Waals surface area (Å²) in [6.07, 6.45) is 0. The fourth-order valence-corrected chi connectivity index (χ4v) is 2.78. The fourth-order valence-electron chi connectivity index (χ4n) is 2.06. The van der Waals surface area contributed by atoms with Gasteiger partial charge in [-0.05, 0) is 36.5 Å². The lowest BCUT2D eigenvalue weighted by Crippen LogP contribution is -2.27. The SMILES string of the molecule is O=C1Nc2cccc(Br)c2/C1=N/NC(=S)Nc1ccccc1. The van der Waals surface area contributed by atoms with Crippen LogP contribution in [0.25, 0.3) is 0 Å². The highest BCUT2D eigenvalue weighted by atomic mass is 79.9. The van der Waals surface area contributed by atoms with Gasteiger partial charge in [-0.3, -0.25) is 10.2 Å². The number of fused-ring (bicyclic) bond motifs is 1. The van der Waals surface area contributed by atoms with Gasteiger partial charge < -0.3 is 10.6 Å². The van der Waals surface area contributed by atoms with Crippen LogP contribution in [-0.4, -0.2) is 16.7 Å². The third-order valence-electron chi connectivity index (χ3n) is 3.01.